The van der Waals surface area contributed by atoms with Gasteiger partial charge in [0.2, 0.25) is 0 Å². The fourth-order valence-corrected chi connectivity index (χ4v) is 3.49. The van der Waals surface area contributed by atoms with Gasteiger partial charge in [0.15, 0.2) is 5.82 Å². The van der Waals surface area contributed by atoms with Gasteiger partial charge in [0.1, 0.15) is 5.75 Å². The number of unbranched alkanes of at least 4 members (excludes halogenated alkanes) is 8. The minimum absolute atomic E-state index is 0.285. The third kappa shape index (κ3) is 9.71. The number of hydrogen-bond acceptors (Lipinski definition) is 4. The van der Waals surface area contributed by atoms with Crippen LogP contribution in [0.4, 0.5) is 0 Å². The molecule has 2 aromatic rings. The van der Waals surface area contributed by atoms with Crippen LogP contribution in [0.15, 0.2) is 36.7 Å². The molecule has 1 aromatic heterocycles. The van der Waals surface area contributed by atoms with Gasteiger partial charge < -0.3 is 9.84 Å². The van der Waals surface area contributed by atoms with E-state index in [9.17, 15) is 5.11 Å². The maximum Gasteiger partial charge on any atom is 0.159 e. The summed E-state index contributed by atoms with van der Waals surface area (Å²) in [7, 11) is 0. The second-order valence-corrected chi connectivity index (χ2v) is 8.22. The number of aliphatic hydroxyl groups excluding tert-OH is 1. The number of aryl methyl sites for hydroxylation is 1. The summed E-state index contributed by atoms with van der Waals surface area (Å²) in [5, 5.41) is 9.58. The van der Waals surface area contributed by atoms with Crippen LogP contribution in [-0.4, -0.2) is 27.8 Å². The fourth-order valence-electron chi connectivity index (χ4n) is 3.49. The molecule has 0 bridgehead atoms. The molecule has 0 aliphatic carbocycles. The van der Waals surface area contributed by atoms with Crippen molar-refractivity contribution in [1.82, 2.24) is 9.97 Å². The van der Waals surface area contributed by atoms with Crippen molar-refractivity contribution in [3.8, 4) is 17.1 Å². The van der Waals surface area contributed by atoms with E-state index in [0.29, 0.717) is 13.0 Å². The van der Waals surface area contributed by atoms with Gasteiger partial charge in [-0.3, -0.25) is 0 Å². The highest BCUT2D eigenvalue weighted by atomic mass is 16.5. The summed E-state index contributed by atoms with van der Waals surface area (Å²) in [6, 6.07) is 7.85. The van der Waals surface area contributed by atoms with Gasteiger partial charge in [-0.25, -0.2) is 9.97 Å². The van der Waals surface area contributed by atoms with Crippen molar-refractivity contribution in [1.29, 1.82) is 0 Å². The topological polar surface area (TPSA) is 55.2 Å². The molecule has 4 nitrogen and oxygen atoms in total. The first kappa shape index (κ1) is 24.3. The number of rotatable bonds is 16. The quantitative estimate of drug-likeness (QED) is 0.310. The van der Waals surface area contributed by atoms with Gasteiger partial charge in [-0.15, -0.1) is 0 Å². The highest BCUT2D eigenvalue weighted by molar-refractivity contribution is 5.55. The van der Waals surface area contributed by atoms with Crippen molar-refractivity contribution in [2.45, 2.75) is 97.0 Å². The number of nitrogens with zero attached hydrogens (tertiary/aromatic N) is 2. The molecule has 1 atom stereocenters. The molecule has 166 valence electrons. The molecular weight excluding hydrogens is 372 g/mol. The Morgan fingerprint density at radius 3 is 2.03 bits per heavy atom. The van der Waals surface area contributed by atoms with Crippen molar-refractivity contribution in [3.05, 3.63) is 42.2 Å². The number of aromatic nitrogens is 2. The lowest BCUT2D eigenvalue weighted by atomic mass is 10.1. The van der Waals surface area contributed by atoms with Gasteiger partial charge in [-0.1, -0.05) is 65.2 Å². The predicted octanol–water partition coefficient (Wildman–Crippen LogP) is 6.76. The normalized spacial score (nSPS) is 12.1. The van der Waals surface area contributed by atoms with E-state index in [1.54, 1.807) is 0 Å². The zero-order valence-corrected chi connectivity index (χ0v) is 19.0. The van der Waals surface area contributed by atoms with Crippen LogP contribution in [0.5, 0.6) is 5.75 Å². The second-order valence-electron chi connectivity index (χ2n) is 8.22. The number of ether oxygens (including phenoxy) is 1. The number of hydrogen-bond donors (Lipinski definition) is 1. The fraction of sp³-hybridized carbons (Fsp3) is 0.615. The molecule has 0 aliphatic heterocycles. The van der Waals surface area contributed by atoms with E-state index in [1.165, 1.54) is 63.4 Å². The largest absolute Gasteiger partial charge is 0.493 e. The van der Waals surface area contributed by atoms with Crippen LogP contribution in [0.25, 0.3) is 11.4 Å². The molecular formula is C26H40N2O2. The summed E-state index contributed by atoms with van der Waals surface area (Å²) in [5.41, 5.74) is 2.21. The van der Waals surface area contributed by atoms with Gasteiger partial charge in [0.25, 0.3) is 0 Å². The molecule has 1 aromatic carbocycles. The van der Waals surface area contributed by atoms with Crippen molar-refractivity contribution in [2.75, 3.05) is 6.61 Å². The van der Waals surface area contributed by atoms with Crippen LogP contribution >= 0.6 is 0 Å². The number of aliphatic hydroxyl groups is 1. The average molecular weight is 413 g/mol. The zero-order chi connectivity index (χ0) is 21.4. The first-order chi connectivity index (χ1) is 14.7. The molecule has 0 amide bonds. The number of benzene rings is 1. The summed E-state index contributed by atoms with van der Waals surface area (Å²) < 4.78 is 5.68. The molecule has 1 heterocycles. The smallest absolute Gasteiger partial charge is 0.159 e. The van der Waals surface area contributed by atoms with Crippen molar-refractivity contribution < 1.29 is 9.84 Å². The summed E-state index contributed by atoms with van der Waals surface area (Å²) >= 11 is 0. The molecule has 0 saturated carbocycles. The first-order valence-electron chi connectivity index (χ1n) is 11.9. The zero-order valence-electron chi connectivity index (χ0n) is 19.0. The van der Waals surface area contributed by atoms with Gasteiger partial charge >= 0.3 is 0 Å². The molecule has 1 N–H and O–H groups in total. The van der Waals surface area contributed by atoms with Crippen LogP contribution in [0, 0.1) is 0 Å². The lowest BCUT2D eigenvalue weighted by Gasteiger charge is -2.10. The van der Waals surface area contributed by atoms with Crippen LogP contribution in [0.3, 0.4) is 0 Å². The third-order valence-electron chi connectivity index (χ3n) is 5.58. The second kappa shape index (κ2) is 15.0. The molecule has 2 rings (SSSR count). The molecule has 0 radical (unpaired) electrons. The van der Waals surface area contributed by atoms with Crippen LogP contribution in [-0.2, 0) is 6.42 Å². The predicted molar refractivity (Wildman–Crippen MR) is 125 cm³/mol. The van der Waals surface area contributed by atoms with Crippen LogP contribution in [0.1, 0.15) is 90.0 Å². The molecule has 0 aliphatic rings. The minimum Gasteiger partial charge on any atom is -0.493 e. The Bertz CT molecular complexity index is 670. The van der Waals surface area contributed by atoms with Crippen LogP contribution in [0.2, 0.25) is 0 Å². The summed E-state index contributed by atoms with van der Waals surface area (Å²) in [4.78, 5) is 9.09. The van der Waals surface area contributed by atoms with Crippen molar-refractivity contribution >= 4 is 0 Å². The van der Waals surface area contributed by atoms with E-state index in [0.717, 1.165) is 30.0 Å². The molecule has 0 fully saturated rings. The molecule has 0 spiro atoms. The van der Waals surface area contributed by atoms with E-state index >= 15 is 0 Å². The Balaban J connectivity index is 1.66. The Morgan fingerprint density at radius 1 is 0.833 bits per heavy atom. The van der Waals surface area contributed by atoms with Gasteiger partial charge in [-0.2, -0.15) is 0 Å². The Hall–Kier alpha value is -1.94. The first-order valence-corrected chi connectivity index (χ1v) is 11.9. The maximum absolute atomic E-state index is 9.58. The van der Waals surface area contributed by atoms with E-state index in [-0.39, 0.29) is 6.10 Å². The third-order valence-corrected chi connectivity index (χ3v) is 5.58. The van der Waals surface area contributed by atoms with E-state index in [1.807, 2.05) is 43.6 Å². The monoisotopic (exact) mass is 412 g/mol. The van der Waals surface area contributed by atoms with Crippen molar-refractivity contribution in [3.63, 3.8) is 0 Å². The molecule has 30 heavy (non-hydrogen) atoms. The van der Waals surface area contributed by atoms with Gasteiger partial charge in [-0.05, 0) is 49.1 Å². The standard InChI is InChI=1S/C26H40N2O2/c1-3-5-6-7-8-9-10-11-12-13-22-20-27-26(28-21-22)23-14-16-25(17-15-23)30-19-18-24(29)4-2/h14-17,20-21,24,29H,3-13,18-19H2,1-2H3/t24-/m0/s1. The summed E-state index contributed by atoms with van der Waals surface area (Å²) in [6.45, 7) is 4.77. The van der Waals surface area contributed by atoms with Crippen LogP contribution < -0.4 is 4.74 Å². The Labute approximate surface area is 183 Å². The van der Waals surface area contributed by atoms with Gasteiger partial charge in [0, 0.05) is 24.4 Å². The summed E-state index contributed by atoms with van der Waals surface area (Å²) in [5.74, 6) is 1.56. The summed E-state index contributed by atoms with van der Waals surface area (Å²) in [6.07, 6.45) is 18.3. The Kier molecular flexibility index (Phi) is 12.1. The highest BCUT2D eigenvalue weighted by Gasteiger charge is 2.04. The minimum atomic E-state index is -0.285. The lowest BCUT2D eigenvalue weighted by molar-refractivity contribution is 0.135. The highest BCUT2D eigenvalue weighted by Crippen LogP contribution is 2.20. The average Bonchev–Trinajstić information content (AvgIpc) is 2.79. The molecule has 4 heteroatoms. The van der Waals surface area contributed by atoms with E-state index in [2.05, 4.69) is 16.9 Å². The Morgan fingerprint density at radius 2 is 1.43 bits per heavy atom. The SMILES string of the molecule is CCCCCCCCCCCc1cnc(-c2ccc(OCC[C@@H](O)CC)cc2)nc1. The molecule has 0 saturated heterocycles. The van der Waals surface area contributed by atoms with E-state index in [4.69, 9.17) is 4.74 Å². The maximum atomic E-state index is 9.58. The van der Waals surface area contributed by atoms with E-state index < -0.39 is 0 Å². The van der Waals surface area contributed by atoms with Crippen molar-refractivity contribution in [2.24, 2.45) is 0 Å². The molecule has 0 unspecified atom stereocenters. The van der Waals surface area contributed by atoms with Gasteiger partial charge in [0.05, 0.1) is 12.7 Å². The lowest BCUT2D eigenvalue weighted by Crippen LogP contribution is -2.10.